The van der Waals surface area contributed by atoms with Crippen LogP contribution in [0.5, 0.6) is 0 Å². The zero-order chi connectivity index (χ0) is 20.5. The van der Waals surface area contributed by atoms with Crippen molar-refractivity contribution < 1.29 is 28.4 Å². The van der Waals surface area contributed by atoms with Gasteiger partial charge in [0.05, 0.1) is 18.8 Å². The first kappa shape index (κ1) is 24.0. The Kier molecular flexibility index (Phi) is 10.1. The summed E-state index contributed by atoms with van der Waals surface area (Å²) in [6, 6.07) is 0. The lowest BCUT2D eigenvalue weighted by Crippen LogP contribution is -2.45. The molecule has 0 aromatic rings. The maximum Gasteiger partial charge on any atom is 0.303 e. The highest BCUT2D eigenvalue weighted by atomic mass is 31.2. The van der Waals surface area contributed by atoms with E-state index in [0.29, 0.717) is 13.1 Å². The summed E-state index contributed by atoms with van der Waals surface area (Å²) in [5, 5.41) is 18.8. The number of hydrogen-bond donors (Lipinski definition) is 5. The number of carboxylic acids is 1. The first-order valence-electron chi connectivity index (χ1n) is 9.92. The summed E-state index contributed by atoms with van der Waals surface area (Å²) in [6.07, 6.45) is 0.885. The third-order valence-electron chi connectivity index (χ3n) is 4.72. The van der Waals surface area contributed by atoms with Gasteiger partial charge in [-0.2, -0.15) is 0 Å². The van der Waals surface area contributed by atoms with Crippen molar-refractivity contribution in [3.05, 3.63) is 0 Å². The molecule has 28 heavy (non-hydrogen) atoms. The molecule has 4 unspecified atom stereocenters. The Morgan fingerprint density at radius 1 is 1.14 bits per heavy atom. The maximum absolute atomic E-state index is 13.3. The third-order valence-corrected chi connectivity index (χ3v) is 10.6. The highest BCUT2D eigenvalue weighted by molar-refractivity contribution is 7.75. The lowest BCUT2D eigenvalue weighted by molar-refractivity contribution is -0.136. The molecular formula is C16H34N4O6P2. The van der Waals surface area contributed by atoms with Gasteiger partial charge in [0.25, 0.3) is 0 Å². The molecule has 0 aliphatic carbocycles. The quantitative estimate of drug-likeness (QED) is 0.376. The molecule has 2 bridgehead atoms. The van der Waals surface area contributed by atoms with Crippen LogP contribution in [-0.2, 0) is 18.4 Å². The highest BCUT2D eigenvalue weighted by Gasteiger charge is 2.41. The van der Waals surface area contributed by atoms with Gasteiger partial charge in [0.1, 0.15) is 5.90 Å². The fourth-order valence-electron chi connectivity index (χ4n) is 3.46. The van der Waals surface area contributed by atoms with Crippen LogP contribution >= 0.6 is 14.7 Å². The van der Waals surface area contributed by atoms with Crippen molar-refractivity contribution in [2.24, 2.45) is 0 Å². The molecule has 0 amide bonds. The van der Waals surface area contributed by atoms with Crippen molar-refractivity contribution in [3.8, 4) is 0 Å². The van der Waals surface area contributed by atoms with Gasteiger partial charge in [-0.15, -0.1) is 0 Å². The average Bonchev–Trinajstić information content (AvgIpc) is 2.60. The number of carboxylic acid groups (broad SMARTS) is 1. The zero-order valence-electron chi connectivity index (χ0n) is 16.3. The van der Waals surface area contributed by atoms with Gasteiger partial charge in [0.2, 0.25) is 14.7 Å². The van der Waals surface area contributed by atoms with Crippen molar-refractivity contribution in [2.45, 2.75) is 25.4 Å². The maximum atomic E-state index is 13.3. The molecule has 2 aliphatic heterocycles. The van der Waals surface area contributed by atoms with Crippen molar-refractivity contribution >= 4 is 20.7 Å². The van der Waals surface area contributed by atoms with Gasteiger partial charge in [0, 0.05) is 38.9 Å². The van der Waals surface area contributed by atoms with Crippen LogP contribution in [0.15, 0.2) is 0 Å². The fraction of sp³-hybridized carbons (Fsp3) is 0.938. The molecule has 12 heteroatoms. The average molecular weight is 440 g/mol. The molecule has 164 valence electrons. The second-order valence-electron chi connectivity index (χ2n) is 7.53. The van der Waals surface area contributed by atoms with Crippen LogP contribution in [0.2, 0.25) is 0 Å². The summed E-state index contributed by atoms with van der Waals surface area (Å²) < 4.78 is 31.5. The minimum atomic E-state index is -3.83. The van der Waals surface area contributed by atoms with E-state index >= 15 is 0 Å². The molecule has 2 heterocycles. The van der Waals surface area contributed by atoms with Crippen LogP contribution in [0.4, 0.5) is 0 Å². The molecule has 4 atom stereocenters. The van der Waals surface area contributed by atoms with Gasteiger partial charge in [-0.3, -0.25) is 18.8 Å². The molecule has 2 fully saturated rings. The predicted molar refractivity (Wildman–Crippen MR) is 109 cm³/mol. The molecule has 2 aliphatic rings. The van der Waals surface area contributed by atoms with E-state index < -0.39 is 33.0 Å². The molecule has 0 aromatic carbocycles. The van der Waals surface area contributed by atoms with Crippen molar-refractivity contribution in [1.29, 1.82) is 0 Å². The van der Waals surface area contributed by atoms with Gasteiger partial charge in [-0.1, -0.05) is 0 Å². The topological polar surface area (TPSA) is 140 Å². The normalized spacial score (nSPS) is 33.2. The fourth-order valence-corrected chi connectivity index (χ4v) is 9.51. The third kappa shape index (κ3) is 9.46. The van der Waals surface area contributed by atoms with Gasteiger partial charge in [-0.25, -0.2) is 0 Å². The van der Waals surface area contributed by atoms with Crippen molar-refractivity contribution in [1.82, 2.24) is 20.9 Å². The number of fused-ring (bicyclic) bond motifs is 2. The Labute approximate surface area is 166 Å². The molecule has 2 rings (SSSR count). The Morgan fingerprint density at radius 3 is 2.54 bits per heavy atom. The first-order valence-corrected chi connectivity index (χ1v) is 13.9. The largest absolute Gasteiger partial charge is 0.481 e. The van der Waals surface area contributed by atoms with Gasteiger partial charge in [-0.05, 0) is 32.5 Å². The molecule has 0 saturated carbocycles. The second kappa shape index (κ2) is 11.8. The summed E-state index contributed by atoms with van der Waals surface area (Å²) in [7, 11) is -7.19. The summed E-state index contributed by atoms with van der Waals surface area (Å²) in [6.45, 7) is 6.29. The zero-order valence-corrected chi connectivity index (χ0v) is 18.1. The van der Waals surface area contributed by atoms with Gasteiger partial charge >= 0.3 is 5.97 Å². The van der Waals surface area contributed by atoms with Crippen LogP contribution in [0, 0.1) is 0 Å². The van der Waals surface area contributed by atoms with Crippen LogP contribution in [0.3, 0.4) is 0 Å². The second-order valence-corrected chi connectivity index (χ2v) is 12.9. The number of nitrogens with one attached hydrogen (secondary N) is 3. The van der Waals surface area contributed by atoms with E-state index in [4.69, 9.17) is 9.63 Å². The van der Waals surface area contributed by atoms with Crippen LogP contribution in [0.25, 0.3) is 0 Å². The number of carbonyl (C=O) groups is 1. The standard InChI is InChI=1S/C16H34N4O6P2/c21-16(22)3-10-27(23,24)14-28(25)13-20-9-2-6-18-8-7-17-4-1-5-19-11-15(12-20)26-28/h15,17-19H,1-14H2,(H,21,22)(H,23,24). The van der Waals surface area contributed by atoms with Crippen LogP contribution < -0.4 is 16.0 Å². The molecule has 0 spiro atoms. The SMILES string of the molecule is O=C(O)CCP(=O)(O)CP1(=O)CN2CCCNCCNCCCNCC(C2)O1. The van der Waals surface area contributed by atoms with E-state index in [1.807, 2.05) is 4.90 Å². The smallest absolute Gasteiger partial charge is 0.303 e. The van der Waals surface area contributed by atoms with E-state index in [2.05, 4.69) is 16.0 Å². The predicted octanol–water partition coefficient (Wildman–Crippen LogP) is 0.188. The Balaban J connectivity index is 2.00. The van der Waals surface area contributed by atoms with Gasteiger partial charge in [0.15, 0.2) is 0 Å². The summed E-state index contributed by atoms with van der Waals surface area (Å²) in [4.78, 5) is 22.9. The molecular weight excluding hydrogens is 406 g/mol. The minimum absolute atomic E-state index is 0.142. The number of nitrogens with zero attached hydrogens (tertiary/aromatic N) is 1. The number of aliphatic carboxylic acids is 1. The van der Waals surface area contributed by atoms with Crippen LogP contribution in [-0.4, -0.2) is 97.7 Å². The first-order chi connectivity index (χ1) is 13.3. The highest BCUT2D eigenvalue weighted by Crippen LogP contribution is 2.62. The van der Waals surface area contributed by atoms with Crippen molar-refractivity contribution in [3.63, 3.8) is 0 Å². The lowest BCUT2D eigenvalue weighted by Gasteiger charge is -2.38. The Hall–Kier alpha value is -0.310. The van der Waals surface area contributed by atoms with Crippen LogP contribution in [0.1, 0.15) is 19.3 Å². The Bertz CT molecular complexity index is 567. The minimum Gasteiger partial charge on any atom is -0.481 e. The monoisotopic (exact) mass is 440 g/mol. The number of hydrogen-bond acceptors (Lipinski definition) is 8. The van der Waals surface area contributed by atoms with E-state index in [1.54, 1.807) is 0 Å². The molecule has 10 nitrogen and oxygen atoms in total. The molecule has 0 aromatic heterocycles. The molecule has 5 N–H and O–H groups in total. The van der Waals surface area contributed by atoms with E-state index in [0.717, 1.165) is 52.1 Å². The van der Waals surface area contributed by atoms with Crippen molar-refractivity contribution in [2.75, 3.05) is 70.7 Å². The van der Waals surface area contributed by atoms with E-state index in [9.17, 15) is 18.8 Å². The summed E-state index contributed by atoms with van der Waals surface area (Å²) in [5.41, 5.74) is 0. The summed E-state index contributed by atoms with van der Waals surface area (Å²) >= 11 is 0. The van der Waals surface area contributed by atoms with Gasteiger partial charge < -0.3 is 30.5 Å². The van der Waals surface area contributed by atoms with E-state index in [1.165, 1.54) is 0 Å². The van der Waals surface area contributed by atoms with E-state index in [-0.39, 0.29) is 18.6 Å². The molecule has 0 radical (unpaired) electrons. The number of rotatable bonds is 5. The lowest BCUT2D eigenvalue weighted by atomic mass is 10.3. The summed E-state index contributed by atoms with van der Waals surface area (Å²) in [5.74, 6) is -1.59. The molecule has 2 saturated heterocycles. The Morgan fingerprint density at radius 2 is 1.82 bits per heavy atom.